The van der Waals surface area contributed by atoms with Crippen molar-refractivity contribution in [3.05, 3.63) is 0 Å². The number of likely N-dealkylation sites (N-methyl/N-ethyl adjacent to an activating group) is 1. The van der Waals surface area contributed by atoms with Crippen molar-refractivity contribution in [2.24, 2.45) is 0 Å². The van der Waals surface area contributed by atoms with Gasteiger partial charge in [0, 0.05) is 18.6 Å². The van der Waals surface area contributed by atoms with Crippen molar-refractivity contribution in [3.63, 3.8) is 0 Å². The van der Waals surface area contributed by atoms with E-state index in [1.54, 1.807) is 0 Å². The molecule has 0 radical (unpaired) electrons. The lowest BCUT2D eigenvalue weighted by Crippen LogP contribution is -2.45. The van der Waals surface area contributed by atoms with Gasteiger partial charge in [0.2, 0.25) is 0 Å². The van der Waals surface area contributed by atoms with E-state index in [2.05, 4.69) is 31.0 Å². The molecule has 1 rings (SSSR count). The molecule has 1 N–H and O–H groups in total. The Morgan fingerprint density at radius 3 is 2.86 bits per heavy atom. The Labute approximate surface area is 89.1 Å². The van der Waals surface area contributed by atoms with Crippen LogP contribution >= 0.6 is 0 Å². The summed E-state index contributed by atoms with van der Waals surface area (Å²) in [6.07, 6.45) is 5.62. The lowest BCUT2D eigenvalue weighted by molar-refractivity contribution is 0.155. The molecule has 0 saturated carbocycles. The number of nitrogens with one attached hydrogen (secondary N) is 1. The number of likely N-dealkylation sites (tertiary alicyclic amines) is 1. The highest BCUT2D eigenvalue weighted by atomic mass is 15.2. The molecule has 14 heavy (non-hydrogen) atoms. The van der Waals surface area contributed by atoms with Crippen LogP contribution in [0.25, 0.3) is 0 Å². The number of rotatable bonds is 4. The van der Waals surface area contributed by atoms with Gasteiger partial charge in [-0.2, -0.15) is 0 Å². The monoisotopic (exact) mass is 198 g/mol. The first kappa shape index (κ1) is 12.0. The molecule has 0 aliphatic carbocycles. The summed E-state index contributed by atoms with van der Waals surface area (Å²) in [5, 5.41) is 3.44. The van der Waals surface area contributed by atoms with Gasteiger partial charge < -0.3 is 5.32 Å². The molecule has 2 nitrogen and oxygen atoms in total. The Balaban J connectivity index is 2.37. The molecule has 0 bridgehead atoms. The lowest BCUT2D eigenvalue weighted by atomic mass is 10.1. The topological polar surface area (TPSA) is 15.3 Å². The molecule has 1 saturated heterocycles. The van der Waals surface area contributed by atoms with Crippen LogP contribution in [0.1, 0.15) is 46.5 Å². The average Bonchev–Trinajstić information content (AvgIpc) is 2.39. The van der Waals surface area contributed by atoms with Crippen LogP contribution in [0.3, 0.4) is 0 Å². The summed E-state index contributed by atoms with van der Waals surface area (Å²) in [4.78, 5) is 2.68. The molecule has 1 aliphatic heterocycles. The molecular weight excluding hydrogens is 172 g/mol. The summed E-state index contributed by atoms with van der Waals surface area (Å²) in [7, 11) is 0. The maximum absolute atomic E-state index is 3.44. The SMILES string of the molecule is CCNCC(C)N1CCCCCC1C. The highest BCUT2D eigenvalue weighted by molar-refractivity contribution is 4.77. The van der Waals surface area contributed by atoms with Crippen LogP contribution in [-0.4, -0.2) is 36.6 Å². The first-order chi connectivity index (χ1) is 6.75. The largest absolute Gasteiger partial charge is 0.315 e. The van der Waals surface area contributed by atoms with Crippen LogP contribution in [0.15, 0.2) is 0 Å². The third-order valence-electron chi connectivity index (χ3n) is 3.36. The highest BCUT2D eigenvalue weighted by Gasteiger charge is 2.21. The normalized spacial score (nSPS) is 27.2. The first-order valence-corrected chi connectivity index (χ1v) is 6.22. The van der Waals surface area contributed by atoms with E-state index in [1.165, 1.54) is 32.2 Å². The van der Waals surface area contributed by atoms with Gasteiger partial charge in [0.1, 0.15) is 0 Å². The second-order valence-corrected chi connectivity index (χ2v) is 4.59. The Bertz CT molecular complexity index is 147. The van der Waals surface area contributed by atoms with Crippen molar-refractivity contribution in [2.45, 2.75) is 58.5 Å². The zero-order valence-electron chi connectivity index (χ0n) is 10.1. The molecule has 0 amide bonds. The van der Waals surface area contributed by atoms with Gasteiger partial charge in [-0.05, 0) is 39.8 Å². The minimum Gasteiger partial charge on any atom is -0.315 e. The van der Waals surface area contributed by atoms with E-state index in [4.69, 9.17) is 0 Å². The second kappa shape index (κ2) is 6.41. The van der Waals surface area contributed by atoms with Gasteiger partial charge in [-0.3, -0.25) is 4.90 Å². The first-order valence-electron chi connectivity index (χ1n) is 6.22. The van der Waals surface area contributed by atoms with Crippen LogP contribution in [0.5, 0.6) is 0 Å². The second-order valence-electron chi connectivity index (χ2n) is 4.59. The maximum atomic E-state index is 3.44. The van der Waals surface area contributed by atoms with E-state index in [1.807, 2.05) is 0 Å². The smallest absolute Gasteiger partial charge is 0.0195 e. The summed E-state index contributed by atoms with van der Waals surface area (Å²) in [5.41, 5.74) is 0. The van der Waals surface area contributed by atoms with Crippen molar-refractivity contribution in [3.8, 4) is 0 Å². The third kappa shape index (κ3) is 3.58. The molecule has 84 valence electrons. The molecule has 0 spiro atoms. The Morgan fingerprint density at radius 2 is 2.14 bits per heavy atom. The molecular formula is C12H26N2. The van der Waals surface area contributed by atoms with E-state index >= 15 is 0 Å². The lowest BCUT2D eigenvalue weighted by Gasteiger charge is -2.33. The van der Waals surface area contributed by atoms with E-state index < -0.39 is 0 Å². The number of hydrogen-bond donors (Lipinski definition) is 1. The summed E-state index contributed by atoms with van der Waals surface area (Å²) in [5.74, 6) is 0. The van der Waals surface area contributed by atoms with Gasteiger partial charge in [-0.1, -0.05) is 19.8 Å². The third-order valence-corrected chi connectivity index (χ3v) is 3.36. The fourth-order valence-corrected chi connectivity index (χ4v) is 2.42. The average molecular weight is 198 g/mol. The standard InChI is InChI=1S/C12H26N2/c1-4-13-10-12(3)14-9-7-5-6-8-11(14)2/h11-13H,4-10H2,1-3H3. The summed E-state index contributed by atoms with van der Waals surface area (Å²) >= 11 is 0. The van der Waals surface area contributed by atoms with Crippen LogP contribution in [0.2, 0.25) is 0 Å². The van der Waals surface area contributed by atoms with Crippen molar-refractivity contribution >= 4 is 0 Å². The van der Waals surface area contributed by atoms with Crippen LogP contribution in [0, 0.1) is 0 Å². The molecule has 2 atom stereocenters. The molecule has 1 heterocycles. The van der Waals surface area contributed by atoms with Crippen molar-refractivity contribution in [1.29, 1.82) is 0 Å². The van der Waals surface area contributed by atoms with Gasteiger partial charge in [-0.25, -0.2) is 0 Å². The minimum atomic E-state index is 0.697. The maximum Gasteiger partial charge on any atom is 0.0195 e. The molecule has 2 unspecified atom stereocenters. The van der Waals surface area contributed by atoms with Crippen molar-refractivity contribution < 1.29 is 0 Å². The van der Waals surface area contributed by atoms with Crippen molar-refractivity contribution in [1.82, 2.24) is 10.2 Å². The molecule has 0 aromatic carbocycles. The Hall–Kier alpha value is -0.0800. The van der Waals surface area contributed by atoms with Crippen LogP contribution in [-0.2, 0) is 0 Å². The minimum absolute atomic E-state index is 0.697. The van der Waals surface area contributed by atoms with Gasteiger partial charge in [0.15, 0.2) is 0 Å². The Kier molecular flexibility index (Phi) is 5.49. The predicted molar refractivity (Wildman–Crippen MR) is 62.6 cm³/mol. The van der Waals surface area contributed by atoms with E-state index in [0.29, 0.717) is 6.04 Å². The number of nitrogens with zero attached hydrogens (tertiary/aromatic N) is 1. The number of hydrogen-bond acceptors (Lipinski definition) is 2. The van der Waals surface area contributed by atoms with E-state index in [-0.39, 0.29) is 0 Å². The van der Waals surface area contributed by atoms with E-state index in [9.17, 15) is 0 Å². The zero-order chi connectivity index (χ0) is 10.4. The molecule has 0 aromatic rings. The van der Waals surface area contributed by atoms with Gasteiger partial charge in [0.25, 0.3) is 0 Å². The van der Waals surface area contributed by atoms with E-state index in [0.717, 1.165) is 19.1 Å². The van der Waals surface area contributed by atoms with Crippen LogP contribution < -0.4 is 5.32 Å². The molecule has 2 heteroatoms. The van der Waals surface area contributed by atoms with Crippen LogP contribution in [0.4, 0.5) is 0 Å². The molecule has 0 aromatic heterocycles. The molecule has 1 aliphatic rings. The molecule has 1 fully saturated rings. The summed E-state index contributed by atoms with van der Waals surface area (Å²) in [6, 6.07) is 1.48. The predicted octanol–water partition coefficient (Wildman–Crippen LogP) is 2.25. The summed E-state index contributed by atoms with van der Waals surface area (Å²) in [6.45, 7) is 10.4. The highest BCUT2D eigenvalue weighted by Crippen LogP contribution is 2.18. The Morgan fingerprint density at radius 1 is 1.36 bits per heavy atom. The fraction of sp³-hybridized carbons (Fsp3) is 1.00. The summed E-state index contributed by atoms with van der Waals surface area (Å²) < 4.78 is 0. The van der Waals surface area contributed by atoms with Gasteiger partial charge in [-0.15, -0.1) is 0 Å². The zero-order valence-corrected chi connectivity index (χ0v) is 10.1. The quantitative estimate of drug-likeness (QED) is 0.745. The fourth-order valence-electron chi connectivity index (χ4n) is 2.42. The van der Waals surface area contributed by atoms with Gasteiger partial charge in [0.05, 0.1) is 0 Å². The van der Waals surface area contributed by atoms with Gasteiger partial charge >= 0.3 is 0 Å². The van der Waals surface area contributed by atoms with Crippen molar-refractivity contribution in [2.75, 3.05) is 19.6 Å².